The van der Waals surface area contributed by atoms with Gasteiger partial charge in [0.05, 0.1) is 0 Å². The summed E-state index contributed by atoms with van der Waals surface area (Å²) in [5.74, 6) is 0.118. The molecule has 0 saturated carbocycles. The van der Waals surface area contributed by atoms with Gasteiger partial charge in [0.15, 0.2) is 11.4 Å². The van der Waals surface area contributed by atoms with E-state index >= 15 is 0 Å². The third-order valence-electron chi connectivity index (χ3n) is 4.94. The molecule has 1 unspecified atom stereocenters. The molecule has 1 aromatic heterocycles. The monoisotopic (exact) mass is 376 g/mol. The van der Waals surface area contributed by atoms with Gasteiger partial charge in [0, 0.05) is 17.7 Å². The van der Waals surface area contributed by atoms with Crippen molar-refractivity contribution in [2.45, 2.75) is 25.3 Å². The van der Waals surface area contributed by atoms with Crippen LogP contribution in [-0.4, -0.2) is 16.7 Å². The van der Waals surface area contributed by atoms with Crippen LogP contribution < -0.4 is 10.6 Å². The SMILES string of the molecule is O=C1CCCC2=C1C(c1cccc(F)c1)N=C(Nc1nc3ccccc3o1)N2. The Morgan fingerprint density at radius 3 is 2.89 bits per heavy atom. The van der Waals surface area contributed by atoms with Crippen LogP contribution in [-0.2, 0) is 4.79 Å². The first-order valence-electron chi connectivity index (χ1n) is 9.16. The standard InChI is InChI=1S/C21H17FN4O2/c22-13-6-3-5-12(11-13)19-18-15(8-4-9-16(18)27)23-20(25-19)26-21-24-14-7-1-2-10-17(14)28-21/h1-3,5-7,10-11,19H,4,8-9H2,(H2,23,24,25,26). The van der Waals surface area contributed by atoms with Crippen LogP contribution in [0.4, 0.5) is 10.4 Å². The van der Waals surface area contributed by atoms with E-state index in [0.717, 1.165) is 24.1 Å². The molecular formula is C21H17FN4O2. The van der Waals surface area contributed by atoms with Gasteiger partial charge in [0.25, 0.3) is 0 Å². The van der Waals surface area contributed by atoms with Crippen molar-refractivity contribution in [1.29, 1.82) is 0 Å². The Morgan fingerprint density at radius 1 is 1.14 bits per heavy atom. The Kier molecular flexibility index (Phi) is 3.93. The summed E-state index contributed by atoms with van der Waals surface area (Å²) in [5, 5.41) is 6.25. The maximum absolute atomic E-state index is 13.8. The second kappa shape index (κ2) is 6.60. The highest BCUT2D eigenvalue weighted by Crippen LogP contribution is 2.36. The number of carbonyl (C=O) groups excluding carboxylic acids is 1. The van der Waals surface area contributed by atoms with Gasteiger partial charge < -0.3 is 9.73 Å². The average Bonchev–Trinajstić information content (AvgIpc) is 3.10. The van der Waals surface area contributed by atoms with Crippen molar-refractivity contribution in [1.82, 2.24) is 10.3 Å². The van der Waals surface area contributed by atoms with Crippen molar-refractivity contribution in [3.8, 4) is 0 Å². The number of hydrogen-bond donors (Lipinski definition) is 2. The number of benzene rings is 2. The van der Waals surface area contributed by atoms with Crippen LogP contribution in [0.3, 0.4) is 0 Å². The molecule has 2 heterocycles. The minimum absolute atomic E-state index is 0.0488. The highest BCUT2D eigenvalue weighted by Gasteiger charge is 2.33. The number of nitrogens with one attached hydrogen (secondary N) is 2. The van der Waals surface area contributed by atoms with E-state index in [0.29, 0.717) is 35.1 Å². The fourth-order valence-electron chi connectivity index (χ4n) is 3.69. The van der Waals surface area contributed by atoms with E-state index in [9.17, 15) is 9.18 Å². The van der Waals surface area contributed by atoms with Gasteiger partial charge in [0.1, 0.15) is 17.4 Å². The average molecular weight is 376 g/mol. The Hall–Kier alpha value is -3.48. The molecule has 2 aromatic carbocycles. The van der Waals surface area contributed by atoms with Gasteiger partial charge in [-0.05, 0) is 42.7 Å². The molecule has 1 aliphatic carbocycles. The maximum atomic E-state index is 13.8. The second-order valence-corrected chi connectivity index (χ2v) is 6.84. The lowest BCUT2D eigenvalue weighted by Crippen LogP contribution is -2.38. The summed E-state index contributed by atoms with van der Waals surface area (Å²) in [6, 6.07) is 13.4. The number of ketones is 1. The zero-order chi connectivity index (χ0) is 19.1. The van der Waals surface area contributed by atoms with Gasteiger partial charge >= 0.3 is 6.01 Å². The number of hydrogen-bond acceptors (Lipinski definition) is 6. The predicted molar refractivity (Wildman–Crippen MR) is 103 cm³/mol. The zero-order valence-electron chi connectivity index (χ0n) is 14.9. The third kappa shape index (κ3) is 2.94. The lowest BCUT2D eigenvalue weighted by Gasteiger charge is -2.30. The summed E-state index contributed by atoms with van der Waals surface area (Å²) < 4.78 is 19.5. The Balaban J connectivity index is 1.53. The molecule has 2 N–H and O–H groups in total. The highest BCUT2D eigenvalue weighted by molar-refractivity contribution is 6.03. The minimum Gasteiger partial charge on any atom is -0.423 e. The maximum Gasteiger partial charge on any atom is 0.302 e. The number of rotatable bonds is 2. The van der Waals surface area contributed by atoms with Crippen LogP contribution in [0, 0.1) is 5.82 Å². The number of carbonyl (C=O) groups is 1. The summed E-state index contributed by atoms with van der Waals surface area (Å²) in [7, 11) is 0. The van der Waals surface area contributed by atoms with Gasteiger partial charge in [-0.25, -0.2) is 9.38 Å². The molecule has 0 saturated heterocycles. The molecule has 0 bridgehead atoms. The molecule has 6 nitrogen and oxygen atoms in total. The molecule has 7 heteroatoms. The van der Waals surface area contributed by atoms with E-state index in [1.807, 2.05) is 24.3 Å². The first-order valence-corrected chi connectivity index (χ1v) is 9.16. The minimum atomic E-state index is -0.563. The molecule has 28 heavy (non-hydrogen) atoms. The normalized spacial score (nSPS) is 19.2. The quantitative estimate of drug-likeness (QED) is 0.704. The van der Waals surface area contributed by atoms with Crippen LogP contribution in [0.2, 0.25) is 0 Å². The molecule has 1 aliphatic heterocycles. The van der Waals surface area contributed by atoms with Crippen LogP contribution in [0.25, 0.3) is 11.1 Å². The summed E-state index contributed by atoms with van der Waals surface area (Å²) in [6.07, 6.45) is 1.99. The number of halogens is 1. The summed E-state index contributed by atoms with van der Waals surface area (Å²) in [6.45, 7) is 0. The Morgan fingerprint density at radius 2 is 2.04 bits per heavy atom. The van der Waals surface area contributed by atoms with E-state index in [-0.39, 0.29) is 11.6 Å². The number of allylic oxidation sites excluding steroid dienone is 1. The summed E-state index contributed by atoms with van der Waals surface area (Å²) in [4.78, 5) is 21.6. The highest BCUT2D eigenvalue weighted by atomic mass is 19.1. The molecule has 5 rings (SSSR count). The number of oxazole rings is 1. The van der Waals surface area contributed by atoms with Crippen molar-refractivity contribution in [2.24, 2.45) is 4.99 Å². The number of anilines is 1. The molecule has 1 atom stereocenters. The van der Waals surface area contributed by atoms with Crippen LogP contribution in [0.15, 0.2) is 69.2 Å². The molecule has 0 fully saturated rings. The number of fused-ring (bicyclic) bond motifs is 1. The number of aliphatic imine (C=N–C) groups is 1. The molecule has 0 spiro atoms. The number of Topliss-reactive ketones (excluding diaryl/α,β-unsaturated/α-hetero) is 1. The van der Waals surface area contributed by atoms with E-state index in [2.05, 4.69) is 20.6 Å². The van der Waals surface area contributed by atoms with Crippen molar-refractivity contribution < 1.29 is 13.6 Å². The number of aromatic nitrogens is 1. The number of guanidine groups is 1. The van der Waals surface area contributed by atoms with Gasteiger partial charge in [-0.15, -0.1) is 0 Å². The lowest BCUT2D eigenvalue weighted by atomic mass is 9.86. The van der Waals surface area contributed by atoms with Gasteiger partial charge in [-0.1, -0.05) is 24.3 Å². The van der Waals surface area contributed by atoms with Gasteiger partial charge in [0.2, 0.25) is 5.96 Å². The van der Waals surface area contributed by atoms with Gasteiger partial charge in [-0.2, -0.15) is 4.98 Å². The molecule has 0 amide bonds. The molecule has 2 aliphatic rings. The van der Waals surface area contributed by atoms with Crippen molar-refractivity contribution in [3.05, 3.63) is 71.2 Å². The first-order chi connectivity index (χ1) is 13.7. The molecule has 140 valence electrons. The first kappa shape index (κ1) is 16.7. The fraction of sp³-hybridized carbons (Fsp3) is 0.190. The van der Waals surface area contributed by atoms with E-state index in [1.54, 1.807) is 12.1 Å². The zero-order valence-corrected chi connectivity index (χ0v) is 14.9. The summed E-state index contributed by atoms with van der Waals surface area (Å²) in [5.41, 5.74) is 3.46. The van der Waals surface area contributed by atoms with Crippen LogP contribution in [0.5, 0.6) is 0 Å². The van der Waals surface area contributed by atoms with Crippen molar-refractivity contribution in [2.75, 3.05) is 5.32 Å². The predicted octanol–water partition coefficient (Wildman–Crippen LogP) is 4.09. The fourth-order valence-corrected chi connectivity index (χ4v) is 3.69. The van der Waals surface area contributed by atoms with Crippen molar-refractivity contribution >= 4 is 28.9 Å². The largest absolute Gasteiger partial charge is 0.423 e. The van der Waals surface area contributed by atoms with Crippen LogP contribution in [0.1, 0.15) is 30.9 Å². The van der Waals surface area contributed by atoms with E-state index in [1.165, 1.54) is 12.1 Å². The second-order valence-electron chi connectivity index (χ2n) is 6.84. The number of nitrogens with zero attached hydrogens (tertiary/aromatic N) is 2. The summed E-state index contributed by atoms with van der Waals surface area (Å²) >= 11 is 0. The lowest BCUT2D eigenvalue weighted by molar-refractivity contribution is -0.116. The van der Waals surface area contributed by atoms with E-state index in [4.69, 9.17) is 4.42 Å². The number of para-hydroxylation sites is 2. The van der Waals surface area contributed by atoms with Gasteiger partial charge in [-0.3, -0.25) is 10.1 Å². The van der Waals surface area contributed by atoms with Crippen LogP contribution >= 0.6 is 0 Å². The molecular weight excluding hydrogens is 359 g/mol. The smallest absolute Gasteiger partial charge is 0.302 e. The third-order valence-corrected chi connectivity index (χ3v) is 4.94. The van der Waals surface area contributed by atoms with Crippen molar-refractivity contribution in [3.63, 3.8) is 0 Å². The van der Waals surface area contributed by atoms with E-state index < -0.39 is 6.04 Å². The molecule has 3 aromatic rings. The molecule has 0 radical (unpaired) electrons. The Bertz CT molecular complexity index is 1120. The Labute approximate surface area is 160 Å². The topological polar surface area (TPSA) is 79.5 Å².